The summed E-state index contributed by atoms with van der Waals surface area (Å²) in [6.45, 7) is 6.33. The third kappa shape index (κ3) is 3.37. The van der Waals surface area contributed by atoms with E-state index in [9.17, 15) is 0 Å². The van der Waals surface area contributed by atoms with Gasteiger partial charge in [0.05, 0.1) is 0 Å². The lowest BCUT2D eigenvalue weighted by atomic mass is 10.0. The lowest BCUT2D eigenvalue weighted by Gasteiger charge is -2.24. The van der Waals surface area contributed by atoms with E-state index in [0.717, 1.165) is 11.3 Å². The summed E-state index contributed by atoms with van der Waals surface area (Å²) >= 11 is 1.67. The molecule has 1 aromatic carbocycles. The maximum absolute atomic E-state index is 6.19. The van der Waals surface area contributed by atoms with Crippen molar-refractivity contribution in [2.75, 3.05) is 0 Å². The number of benzene rings is 1. The Morgan fingerprint density at radius 1 is 1.11 bits per heavy atom. The molecule has 1 aromatic heterocycles. The number of thiophene rings is 1. The number of ether oxygens (including phenoxy) is 1. The molecule has 102 valence electrons. The second-order valence-electron chi connectivity index (χ2n) is 5.15. The van der Waals surface area contributed by atoms with Gasteiger partial charge < -0.3 is 10.5 Å². The molecule has 0 aliphatic rings. The summed E-state index contributed by atoms with van der Waals surface area (Å²) in [4.78, 5) is 0. The maximum Gasteiger partial charge on any atom is 0.139 e. The normalized spacial score (nSPS) is 14.4. The van der Waals surface area contributed by atoms with E-state index in [1.54, 1.807) is 11.3 Å². The van der Waals surface area contributed by atoms with Crippen molar-refractivity contribution >= 4 is 11.3 Å². The Bertz CT molecular complexity index is 505. The Balaban J connectivity index is 2.28. The van der Waals surface area contributed by atoms with Crippen LogP contribution < -0.4 is 10.5 Å². The van der Waals surface area contributed by atoms with E-state index in [2.05, 4.69) is 36.7 Å². The number of hydrogen-bond donors (Lipinski definition) is 1. The molecular weight excluding hydrogens is 254 g/mol. The molecule has 0 fully saturated rings. The average Bonchev–Trinajstić information content (AvgIpc) is 2.89. The summed E-state index contributed by atoms with van der Waals surface area (Å²) in [6.07, 6.45) is -0.0915. The molecule has 2 nitrogen and oxygen atoms in total. The SMILES string of the molecule is CC(C)c1ccccc1OC(c1ccsc1)C(C)N. The highest BCUT2D eigenvalue weighted by Gasteiger charge is 2.20. The topological polar surface area (TPSA) is 35.2 Å². The lowest BCUT2D eigenvalue weighted by Crippen LogP contribution is -2.29. The van der Waals surface area contributed by atoms with Crippen LogP contribution >= 0.6 is 11.3 Å². The zero-order valence-corrected chi connectivity index (χ0v) is 12.5. The first kappa shape index (κ1) is 14.1. The lowest BCUT2D eigenvalue weighted by molar-refractivity contribution is 0.178. The van der Waals surface area contributed by atoms with Gasteiger partial charge in [-0.1, -0.05) is 32.0 Å². The standard InChI is InChI=1S/C16H21NOS/c1-11(2)14-6-4-5-7-15(14)18-16(12(3)17)13-8-9-19-10-13/h4-12,16H,17H2,1-3H3. The Morgan fingerprint density at radius 3 is 2.42 bits per heavy atom. The number of rotatable bonds is 5. The molecule has 0 aliphatic carbocycles. The van der Waals surface area contributed by atoms with Gasteiger partial charge in [-0.25, -0.2) is 0 Å². The van der Waals surface area contributed by atoms with Crippen LogP contribution in [0.4, 0.5) is 0 Å². The van der Waals surface area contributed by atoms with Crippen molar-refractivity contribution in [1.29, 1.82) is 0 Å². The summed E-state index contributed by atoms with van der Waals surface area (Å²) in [7, 11) is 0. The average molecular weight is 275 g/mol. The summed E-state index contributed by atoms with van der Waals surface area (Å²) in [5.41, 5.74) is 8.46. The Labute approximate surface area is 119 Å². The Morgan fingerprint density at radius 2 is 1.84 bits per heavy atom. The van der Waals surface area contributed by atoms with Crippen molar-refractivity contribution in [3.63, 3.8) is 0 Å². The first-order chi connectivity index (χ1) is 9.09. The van der Waals surface area contributed by atoms with E-state index < -0.39 is 0 Å². The fraction of sp³-hybridized carbons (Fsp3) is 0.375. The monoisotopic (exact) mass is 275 g/mol. The molecule has 0 amide bonds. The van der Waals surface area contributed by atoms with E-state index in [1.807, 2.05) is 25.1 Å². The third-order valence-corrected chi connectivity index (χ3v) is 3.85. The molecule has 2 atom stereocenters. The minimum absolute atomic E-state index is 0.0465. The molecule has 0 bridgehead atoms. The van der Waals surface area contributed by atoms with Crippen molar-refractivity contribution in [3.8, 4) is 5.75 Å². The van der Waals surface area contributed by atoms with E-state index in [4.69, 9.17) is 10.5 Å². The van der Waals surface area contributed by atoms with Gasteiger partial charge >= 0.3 is 0 Å². The van der Waals surface area contributed by atoms with Crippen LogP contribution in [0.15, 0.2) is 41.1 Å². The van der Waals surface area contributed by atoms with Gasteiger partial charge in [-0.05, 0) is 41.3 Å². The predicted molar refractivity (Wildman–Crippen MR) is 81.9 cm³/mol. The fourth-order valence-corrected chi connectivity index (χ4v) is 2.80. The van der Waals surface area contributed by atoms with E-state index in [-0.39, 0.29) is 12.1 Å². The highest BCUT2D eigenvalue weighted by molar-refractivity contribution is 7.07. The molecule has 1 heterocycles. The molecule has 0 spiro atoms. The molecule has 19 heavy (non-hydrogen) atoms. The molecule has 2 rings (SSSR count). The van der Waals surface area contributed by atoms with Crippen LogP contribution in [-0.4, -0.2) is 6.04 Å². The molecule has 0 saturated carbocycles. The fourth-order valence-electron chi connectivity index (χ4n) is 2.12. The van der Waals surface area contributed by atoms with E-state index >= 15 is 0 Å². The predicted octanol–water partition coefficient (Wildman–Crippen LogP) is 4.34. The summed E-state index contributed by atoms with van der Waals surface area (Å²) in [5.74, 6) is 1.37. The molecule has 2 N–H and O–H groups in total. The Kier molecular flexibility index (Phi) is 4.61. The minimum atomic E-state index is -0.0915. The highest BCUT2D eigenvalue weighted by atomic mass is 32.1. The summed E-state index contributed by atoms with van der Waals surface area (Å²) in [6, 6.07) is 10.2. The molecule has 0 aliphatic heterocycles. The van der Waals surface area contributed by atoms with Gasteiger partial charge in [0.25, 0.3) is 0 Å². The zero-order chi connectivity index (χ0) is 13.8. The van der Waals surface area contributed by atoms with Gasteiger partial charge in [0.1, 0.15) is 11.9 Å². The van der Waals surface area contributed by atoms with Gasteiger partial charge in [0.2, 0.25) is 0 Å². The van der Waals surface area contributed by atoms with Gasteiger partial charge in [-0.15, -0.1) is 0 Å². The van der Waals surface area contributed by atoms with Crippen LogP contribution in [0.1, 0.15) is 43.9 Å². The molecule has 3 heteroatoms. The largest absolute Gasteiger partial charge is 0.484 e. The number of hydrogen-bond acceptors (Lipinski definition) is 3. The van der Waals surface area contributed by atoms with Crippen LogP contribution in [0, 0.1) is 0 Å². The minimum Gasteiger partial charge on any atom is -0.484 e. The highest BCUT2D eigenvalue weighted by Crippen LogP contribution is 2.31. The molecule has 2 unspecified atom stereocenters. The smallest absolute Gasteiger partial charge is 0.139 e. The van der Waals surface area contributed by atoms with Crippen LogP contribution in [0.3, 0.4) is 0 Å². The first-order valence-electron chi connectivity index (χ1n) is 6.63. The van der Waals surface area contributed by atoms with Crippen LogP contribution in [-0.2, 0) is 0 Å². The van der Waals surface area contributed by atoms with Crippen LogP contribution in [0.5, 0.6) is 5.75 Å². The van der Waals surface area contributed by atoms with Crippen molar-refractivity contribution in [3.05, 3.63) is 52.2 Å². The zero-order valence-electron chi connectivity index (χ0n) is 11.7. The van der Waals surface area contributed by atoms with E-state index in [0.29, 0.717) is 5.92 Å². The molecule has 2 aromatic rings. The van der Waals surface area contributed by atoms with Gasteiger partial charge in [0.15, 0.2) is 0 Å². The molecule has 0 saturated heterocycles. The summed E-state index contributed by atoms with van der Waals surface area (Å²) in [5, 5.41) is 4.16. The maximum atomic E-state index is 6.19. The van der Waals surface area contributed by atoms with E-state index in [1.165, 1.54) is 5.56 Å². The number of para-hydroxylation sites is 1. The van der Waals surface area contributed by atoms with Crippen molar-refractivity contribution in [2.45, 2.75) is 38.8 Å². The van der Waals surface area contributed by atoms with Crippen LogP contribution in [0.25, 0.3) is 0 Å². The van der Waals surface area contributed by atoms with Crippen molar-refractivity contribution in [1.82, 2.24) is 0 Å². The summed E-state index contributed by atoms with van der Waals surface area (Å²) < 4.78 is 6.19. The van der Waals surface area contributed by atoms with Crippen molar-refractivity contribution in [2.24, 2.45) is 5.73 Å². The van der Waals surface area contributed by atoms with Crippen molar-refractivity contribution < 1.29 is 4.74 Å². The van der Waals surface area contributed by atoms with Crippen LogP contribution in [0.2, 0.25) is 0 Å². The second-order valence-corrected chi connectivity index (χ2v) is 5.93. The molecular formula is C16H21NOS. The van der Waals surface area contributed by atoms with Gasteiger partial charge in [-0.3, -0.25) is 0 Å². The first-order valence-corrected chi connectivity index (χ1v) is 7.57. The quantitative estimate of drug-likeness (QED) is 0.881. The third-order valence-electron chi connectivity index (χ3n) is 3.14. The Hall–Kier alpha value is -1.32. The molecule has 0 radical (unpaired) electrons. The number of nitrogens with two attached hydrogens (primary N) is 1. The van der Waals surface area contributed by atoms with Gasteiger partial charge in [0, 0.05) is 11.6 Å². The van der Waals surface area contributed by atoms with Gasteiger partial charge in [-0.2, -0.15) is 11.3 Å². The second kappa shape index (κ2) is 6.22.